The summed E-state index contributed by atoms with van der Waals surface area (Å²) in [7, 11) is 0. The summed E-state index contributed by atoms with van der Waals surface area (Å²) in [6.07, 6.45) is 2.88. The number of nitrogens with two attached hydrogens (primary N) is 2. The van der Waals surface area contributed by atoms with Gasteiger partial charge in [0.25, 0.3) is 0 Å². The number of carbonyl (C=O) groups excluding carboxylic acids is 1. The fourth-order valence-corrected chi connectivity index (χ4v) is 4.17. The SMILES string of the molecule is NC(N)=NC(=O)OCc1cccc(N2CC(OCC3CCN(c4ccc(=O)[nH]c4)CC3)C2)c1F. The molecule has 0 aliphatic carbocycles. The van der Waals surface area contributed by atoms with Gasteiger partial charge in [0.05, 0.1) is 24.1 Å². The van der Waals surface area contributed by atoms with Crippen molar-refractivity contribution in [2.45, 2.75) is 25.6 Å². The fourth-order valence-electron chi connectivity index (χ4n) is 4.17. The average Bonchev–Trinajstić information content (AvgIpc) is 2.79. The van der Waals surface area contributed by atoms with E-state index < -0.39 is 17.9 Å². The summed E-state index contributed by atoms with van der Waals surface area (Å²) in [5.74, 6) is -0.369. The van der Waals surface area contributed by atoms with Crippen LogP contribution in [-0.2, 0) is 16.1 Å². The Balaban J connectivity index is 1.20. The predicted molar refractivity (Wildman–Crippen MR) is 126 cm³/mol. The minimum atomic E-state index is -0.966. The number of nitrogens with zero attached hydrogens (tertiary/aromatic N) is 3. The van der Waals surface area contributed by atoms with Crippen molar-refractivity contribution in [1.29, 1.82) is 0 Å². The van der Waals surface area contributed by atoms with E-state index in [1.807, 2.05) is 11.0 Å². The topological polar surface area (TPSA) is 139 Å². The number of H-pyrrole nitrogens is 1. The standard InChI is InChI=1S/C23H29FN6O4/c24-21-16(14-34-23(32)28-22(25)26)2-1-3-19(21)30-11-18(12-30)33-13-15-6-8-29(9-7-15)17-4-5-20(31)27-10-17/h1-5,10,15,18H,6-9,11-14H2,(H,27,31)(H4,25,26,28,32). The first kappa shape index (κ1) is 23.6. The number of anilines is 2. The normalized spacial score (nSPS) is 16.7. The number of guanidine groups is 1. The number of pyridine rings is 1. The molecule has 1 aromatic carbocycles. The van der Waals surface area contributed by atoms with Crippen molar-refractivity contribution in [3.63, 3.8) is 0 Å². The maximum Gasteiger partial charge on any atom is 0.437 e. The number of ether oxygens (including phenoxy) is 2. The maximum absolute atomic E-state index is 14.9. The molecule has 0 saturated carbocycles. The quantitative estimate of drug-likeness (QED) is 0.407. The van der Waals surface area contributed by atoms with Crippen LogP contribution in [0.1, 0.15) is 18.4 Å². The molecule has 5 N–H and O–H groups in total. The minimum Gasteiger partial charge on any atom is -0.443 e. The molecule has 2 aliphatic heterocycles. The Morgan fingerprint density at radius 1 is 1.15 bits per heavy atom. The third kappa shape index (κ3) is 5.84. The molecular formula is C23H29FN6O4. The lowest BCUT2D eigenvalue weighted by Crippen LogP contribution is -2.53. The van der Waals surface area contributed by atoms with E-state index in [0.29, 0.717) is 31.3 Å². The molecule has 1 amide bonds. The molecule has 0 bridgehead atoms. The number of nitrogens with one attached hydrogen (secondary N) is 1. The van der Waals surface area contributed by atoms with E-state index in [-0.39, 0.29) is 23.8 Å². The Kier molecular flexibility index (Phi) is 7.31. The predicted octanol–water partition coefficient (Wildman–Crippen LogP) is 1.55. The van der Waals surface area contributed by atoms with Crippen LogP contribution < -0.4 is 26.8 Å². The Labute approximate surface area is 196 Å². The number of halogens is 1. The van der Waals surface area contributed by atoms with Crippen LogP contribution in [0.2, 0.25) is 0 Å². The lowest BCUT2D eigenvalue weighted by molar-refractivity contribution is 0.00807. The molecule has 0 spiro atoms. The first-order chi connectivity index (χ1) is 16.4. The van der Waals surface area contributed by atoms with Gasteiger partial charge in [-0.15, -0.1) is 4.99 Å². The summed E-state index contributed by atoms with van der Waals surface area (Å²) >= 11 is 0. The monoisotopic (exact) mass is 472 g/mol. The molecule has 2 aromatic rings. The third-order valence-corrected chi connectivity index (χ3v) is 6.13. The number of amides is 1. The number of aliphatic imine (C=N–C) groups is 1. The fraction of sp³-hybridized carbons (Fsp3) is 0.435. The number of hydrogen-bond acceptors (Lipinski definition) is 6. The summed E-state index contributed by atoms with van der Waals surface area (Å²) in [5, 5.41) is 0. The molecule has 2 fully saturated rings. The van der Waals surface area contributed by atoms with Crippen molar-refractivity contribution < 1.29 is 18.7 Å². The Hall–Kier alpha value is -3.60. The molecule has 10 nitrogen and oxygen atoms in total. The zero-order chi connectivity index (χ0) is 24.1. The number of hydrogen-bond donors (Lipinski definition) is 3. The summed E-state index contributed by atoms with van der Waals surface area (Å²) in [5.41, 5.74) is 11.9. The van der Waals surface area contributed by atoms with E-state index in [4.69, 9.17) is 20.9 Å². The molecule has 34 heavy (non-hydrogen) atoms. The highest BCUT2D eigenvalue weighted by Gasteiger charge is 2.31. The highest BCUT2D eigenvalue weighted by atomic mass is 19.1. The zero-order valence-electron chi connectivity index (χ0n) is 18.8. The zero-order valence-corrected chi connectivity index (χ0v) is 18.8. The van der Waals surface area contributed by atoms with Crippen LogP contribution in [0.3, 0.4) is 0 Å². The minimum absolute atomic E-state index is 0.0555. The second-order valence-corrected chi connectivity index (χ2v) is 8.54. The van der Waals surface area contributed by atoms with Crippen LogP contribution in [0.25, 0.3) is 0 Å². The number of aromatic amines is 1. The lowest BCUT2D eigenvalue weighted by Gasteiger charge is -2.42. The van der Waals surface area contributed by atoms with E-state index in [1.165, 1.54) is 0 Å². The Morgan fingerprint density at radius 3 is 2.59 bits per heavy atom. The van der Waals surface area contributed by atoms with Crippen molar-refractivity contribution in [1.82, 2.24) is 4.98 Å². The van der Waals surface area contributed by atoms with Crippen molar-refractivity contribution >= 4 is 23.4 Å². The van der Waals surface area contributed by atoms with Crippen LogP contribution in [-0.4, -0.2) is 55.9 Å². The van der Waals surface area contributed by atoms with Gasteiger partial charge >= 0.3 is 6.09 Å². The Morgan fingerprint density at radius 2 is 1.91 bits per heavy atom. The molecule has 0 unspecified atom stereocenters. The van der Waals surface area contributed by atoms with Gasteiger partial charge in [-0.1, -0.05) is 12.1 Å². The number of aromatic nitrogens is 1. The first-order valence-electron chi connectivity index (χ1n) is 11.2. The first-order valence-corrected chi connectivity index (χ1v) is 11.2. The van der Waals surface area contributed by atoms with Gasteiger partial charge in [-0.3, -0.25) is 4.79 Å². The smallest absolute Gasteiger partial charge is 0.437 e. The number of benzene rings is 1. The number of piperidine rings is 1. The van der Waals surface area contributed by atoms with Crippen LogP contribution in [0.5, 0.6) is 0 Å². The Bertz CT molecular complexity index is 1070. The molecule has 2 aliphatic rings. The van der Waals surface area contributed by atoms with E-state index in [0.717, 1.165) is 31.6 Å². The van der Waals surface area contributed by atoms with Crippen molar-refractivity contribution in [2.24, 2.45) is 22.4 Å². The molecule has 0 atom stereocenters. The van der Waals surface area contributed by atoms with Crippen molar-refractivity contribution in [2.75, 3.05) is 42.6 Å². The second-order valence-electron chi connectivity index (χ2n) is 8.54. The number of carbonyl (C=O) groups is 1. The van der Waals surface area contributed by atoms with Crippen LogP contribution in [0.15, 0.2) is 46.3 Å². The van der Waals surface area contributed by atoms with Gasteiger partial charge in [0.2, 0.25) is 5.56 Å². The van der Waals surface area contributed by atoms with Gasteiger partial charge in [0.15, 0.2) is 11.8 Å². The van der Waals surface area contributed by atoms with E-state index >= 15 is 0 Å². The van der Waals surface area contributed by atoms with E-state index in [9.17, 15) is 14.0 Å². The molecule has 1 aromatic heterocycles. The van der Waals surface area contributed by atoms with Crippen LogP contribution >= 0.6 is 0 Å². The summed E-state index contributed by atoms with van der Waals surface area (Å²) in [4.78, 5) is 32.8. The van der Waals surface area contributed by atoms with Gasteiger partial charge in [0, 0.05) is 44.0 Å². The van der Waals surface area contributed by atoms with Crippen molar-refractivity contribution in [3.8, 4) is 0 Å². The van der Waals surface area contributed by atoms with Crippen LogP contribution in [0.4, 0.5) is 20.6 Å². The number of rotatable bonds is 7. The molecule has 4 rings (SSSR count). The molecule has 182 valence electrons. The molecule has 11 heteroatoms. The highest BCUT2D eigenvalue weighted by molar-refractivity contribution is 5.87. The largest absolute Gasteiger partial charge is 0.443 e. The summed E-state index contributed by atoms with van der Waals surface area (Å²) in [6, 6.07) is 8.35. The van der Waals surface area contributed by atoms with Gasteiger partial charge in [-0.25, -0.2) is 9.18 Å². The third-order valence-electron chi connectivity index (χ3n) is 6.13. The molecule has 2 saturated heterocycles. The maximum atomic E-state index is 14.9. The van der Waals surface area contributed by atoms with Gasteiger partial charge in [-0.05, 0) is 30.9 Å². The van der Waals surface area contributed by atoms with E-state index in [2.05, 4.69) is 14.9 Å². The van der Waals surface area contributed by atoms with Gasteiger partial charge in [0.1, 0.15) is 6.61 Å². The molecule has 0 radical (unpaired) electrons. The molecular weight excluding hydrogens is 443 g/mol. The van der Waals surface area contributed by atoms with Crippen molar-refractivity contribution in [3.05, 3.63) is 58.3 Å². The summed E-state index contributed by atoms with van der Waals surface area (Å²) < 4.78 is 25.8. The average molecular weight is 473 g/mol. The second kappa shape index (κ2) is 10.6. The lowest BCUT2D eigenvalue weighted by atomic mass is 9.97. The van der Waals surface area contributed by atoms with Crippen LogP contribution in [0, 0.1) is 11.7 Å². The van der Waals surface area contributed by atoms with E-state index in [1.54, 1.807) is 30.5 Å². The molecule has 3 heterocycles. The highest BCUT2D eigenvalue weighted by Crippen LogP contribution is 2.29. The van der Waals surface area contributed by atoms with Gasteiger partial charge in [-0.2, -0.15) is 0 Å². The van der Waals surface area contributed by atoms with Gasteiger partial charge < -0.3 is 35.7 Å². The summed E-state index contributed by atoms with van der Waals surface area (Å²) in [6.45, 7) is 3.46.